The van der Waals surface area contributed by atoms with Gasteiger partial charge < -0.3 is 18.9 Å². The Morgan fingerprint density at radius 3 is 1.18 bits per heavy atom. The minimum Gasteiger partial charge on any atom is -0.481 e. The van der Waals surface area contributed by atoms with Gasteiger partial charge in [-0.3, -0.25) is 0 Å². The fourth-order valence-corrected chi connectivity index (χ4v) is 3.07. The summed E-state index contributed by atoms with van der Waals surface area (Å²) in [5.41, 5.74) is 5.79. The first-order valence-electron chi connectivity index (χ1n) is 8.89. The van der Waals surface area contributed by atoms with Crippen molar-refractivity contribution in [1.29, 1.82) is 0 Å². The molecule has 28 heavy (non-hydrogen) atoms. The molecule has 0 bridgehead atoms. The summed E-state index contributed by atoms with van der Waals surface area (Å²) in [7, 11) is 2.66. The molecule has 0 aliphatic heterocycles. The molecule has 6 heteroatoms. The number of carbonyl (C=O) groups excluding carboxylic acids is 2. The Hall–Kier alpha value is -3.02. The van der Waals surface area contributed by atoms with Crippen molar-refractivity contribution in [3.63, 3.8) is 0 Å². The van der Waals surface area contributed by atoms with Crippen LogP contribution in [0.2, 0.25) is 0 Å². The summed E-state index contributed by atoms with van der Waals surface area (Å²) in [5.74, 6) is 0.523. The van der Waals surface area contributed by atoms with Gasteiger partial charge in [0, 0.05) is 0 Å². The van der Waals surface area contributed by atoms with Crippen LogP contribution in [0.4, 0.5) is 0 Å². The Bertz CT molecular complexity index is 765. The number of esters is 2. The maximum atomic E-state index is 11.3. The average molecular weight is 386 g/mol. The molecule has 0 unspecified atom stereocenters. The van der Waals surface area contributed by atoms with Gasteiger partial charge in [-0.25, -0.2) is 9.59 Å². The van der Waals surface area contributed by atoms with Crippen molar-refractivity contribution in [3.05, 3.63) is 46.5 Å². The molecule has 150 valence electrons. The number of hydrogen-bond acceptors (Lipinski definition) is 6. The maximum absolute atomic E-state index is 11.3. The maximum Gasteiger partial charge on any atom is 0.343 e. The van der Waals surface area contributed by atoms with Gasteiger partial charge in [0.1, 0.15) is 11.5 Å². The summed E-state index contributed by atoms with van der Waals surface area (Å²) in [6.07, 6.45) is 0. The van der Waals surface area contributed by atoms with Crippen LogP contribution in [0, 0.1) is 27.7 Å². The molecule has 6 nitrogen and oxygen atoms in total. The summed E-state index contributed by atoms with van der Waals surface area (Å²) < 4.78 is 20.4. The second kappa shape index (κ2) is 9.26. The van der Waals surface area contributed by atoms with Gasteiger partial charge in [-0.15, -0.1) is 0 Å². The van der Waals surface area contributed by atoms with Gasteiger partial charge in [0.25, 0.3) is 0 Å². The first kappa shape index (κ1) is 21.3. The summed E-state index contributed by atoms with van der Waals surface area (Å²) in [5, 5.41) is 0. The van der Waals surface area contributed by atoms with Crippen LogP contribution in [0.5, 0.6) is 11.5 Å². The zero-order valence-corrected chi connectivity index (χ0v) is 17.2. The molecular weight excluding hydrogens is 360 g/mol. The van der Waals surface area contributed by atoms with Crippen LogP contribution in [-0.4, -0.2) is 39.4 Å². The molecular formula is C22H26O6. The highest BCUT2D eigenvalue weighted by Crippen LogP contribution is 2.34. The molecule has 0 aliphatic rings. The molecule has 0 aromatic heterocycles. The summed E-state index contributed by atoms with van der Waals surface area (Å²) in [6, 6.07) is 8.07. The van der Waals surface area contributed by atoms with E-state index in [1.807, 2.05) is 52.0 Å². The molecule has 0 fully saturated rings. The van der Waals surface area contributed by atoms with Gasteiger partial charge in [-0.05, 0) is 85.3 Å². The third kappa shape index (κ3) is 5.03. The third-order valence-corrected chi connectivity index (χ3v) is 4.38. The molecule has 0 spiro atoms. The molecule has 0 radical (unpaired) electrons. The van der Waals surface area contributed by atoms with Crippen molar-refractivity contribution in [3.8, 4) is 22.6 Å². The van der Waals surface area contributed by atoms with Crippen molar-refractivity contribution in [2.24, 2.45) is 0 Å². The SMILES string of the molecule is COC(=O)COc1c(C)cc(-c2cc(C)c(OCC(=O)OC)c(C)c2)cc1C. The fraction of sp³-hybridized carbons (Fsp3) is 0.364. The van der Waals surface area contributed by atoms with Gasteiger partial charge in [-0.1, -0.05) is 0 Å². The van der Waals surface area contributed by atoms with E-state index in [0.29, 0.717) is 11.5 Å². The average Bonchev–Trinajstić information content (AvgIpc) is 2.65. The summed E-state index contributed by atoms with van der Waals surface area (Å²) in [4.78, 5) is 22.7. The lowest BCUT2D eigenvalue weighted by Gasteiger charge is -2.16. The second-order valence-corrected chi connectivity index (χ2v) is 6.61. The predicted molar refractivity (Wildman–Crippen MR) is 106 cm³/mol. The van der Waals surface area contributed by atoms with Gasteiger partial charge in [-0.2, -0.15) is 0 Å². The van der Waals surface area contributed by atoms with E-state index in [0.717, 1.165) is 33.4 Å². The topological polar surface area (TPSA) is 71.1 Å². The van der Waals surface area contributed by atoms with Crippen molar-refractivity contribution < 1.29 is 28.5 Å². The second-order valence-electron chi connectivity index (χ2n) is 6.61. The van der Waals surface area contributed by atoms with Crippen LogP contribution in [-0.2, 0) is 19.1 Å². The fourth-order valence-electron chi connectivity index (χ4n) is 3.07. The van der Waals surface area contributed by atoms with Crippen molar-refractivity contribution in [2.75, 3.05) is 27.4 Å². The quantitative estimate of drug-likeness (QED) is 0.676. The lowest BCUT2D eigenvalue weighted by molar-refractivity contribution is -0.143. The highest BCUT2D eigenvalue weighted by atomic mass is 16.6. The Morgan fingerprint density at radius 1 is 0.643 bits per heavy atom. The Balaban J connectivity index is 2.30. The molecule has 0 atom stereocenters. The highest BCUT2D eigenvalue weighted by molar-refractivity contribution is 5.73. The van der Waals surface area contributed by atoms with Gasteiger partial charge >= 0.3 is 11.9 Å². The molecule has 2 rings (SSSR count). The molecule has 0 amide bonds. The largest absolute Gasteiger partial charge is 0.481 e. The normalized spacial score (nSPS) is 10.4. The molecule has 2 aromatic carbocycles. The molecule has 0 N–H and O–H groups in total. The minimum atomic E-state index is -0.420. The van der Waals surface area contributed by atoms with Crippen molar-refractivity contribution in [2.45, 2.75) is 27.7 Å². The first-order valence-corrected chi connectivity index (χ1v) is 8.89. The van der Waals surface area contributed by atoms with E-state index in [9.17, 15) is 9.59 Å². The number of benzene rings is 2. The lowest BCUT2D eigenvalue weighted by atomic mass is 9.96. The Morgan fingerprint density at radius 2 is 0.929 bits per heavy atom. The van der Waals surface area contributed by atoms with Crippen LogP contribution in [0.3, 0.4) is 0 Å². The van der Waals surface area contributed by atoms with Crippen LogP contribution in [0.25, 0.3) is 11.1 Å². The van der Waals surface area contributed by atoms with E-state index in [4.69, 9.17) is 9.47 Å². The van der Waals surface area contributed by atoms with Gasteiger partial charge in [0.15, 0.2) is 13.2 Å². The third-order valence-electron chi connectivity index (χ3n) is 4.38. The van der Waals surface area contributed by atoms with E-state index in [1.165, 1.54) is 14.2 Å². The van der Waals surface area contributed by atoms with E-state index in [-0.39, 0.29) is 13.2 Å². The van der Waals surface area contributed by atoms with E-state index in [1.54, 1.807) is 0 Å². The summed E-state index contributed by atoms with van der Waals surface area (Å²) in [6.45, 7) is 7.52. The number of rotatable bonds is 7. The van der Waals surface area contributed by atoms with Crippen molar-refractivity contribution >= 4 is 11.9 Å². The first-order chi connectivity index (χ1) is 13.3. The smallest absolute Gasteiger partial charge is 0.343 e. The number of hydrogen-bond donors (Lipinski definition) is 0. The molecule has 0 saturated heterocycles. The summed E-state index contributed by atoms with van der Waals surface area (Å²) >= 11 is 0. The standard InChI is InChI=1S/C22H26O6/c1-13-7-17(8-14(2)21(13)27-11-19(23)25-5)18-9-15(3)22(16(4)10-18)28-12-20(24)26-6/h7-10H,11-12H2,1-6H3. The Labute approximate surface area is 165 Å². The van der Waals surface area contributed by atoms with Crippen LogP contribution >= 0.6 is 0 Å². The number of methoxy groups -OCH3 is 2. The minimum absolute atomic E-state index is 0.123. The van der Waals surface area contributed by atoms with Crippen molar-refractivity contribution in [1.82, 2.24) is 0 Å². The van der Waals surface area contributed by atoms with E-state index < -0.39 is 11.9 Å². The Kier molecular flexibility index (Phi) is 7.04. The van der Waals surface area contributed by atoms with Gasteiger partial charge in [0.05, 0.1) is 14.2 Å². The zero-order valence-electron chi connectivity index (χ0n) is 17.2. The molecule has 2 aromatic rings. The van der Waals surface area contributed by atoms with Crippen LogP contribution < -0.4 is 9.47 Å². The predicted octanol–water partition coefficient (Wildman–Crippen LogP) is 3.69. The molecule has 0 saturated carbocycles. The number of aryl methyl sites for hydroxylation is 4. The van der Waals surface area contributed by atoms with Crippen LogP contribution in [0.1, 0.15) is 22.3 Å². The zero-order chi connectivity index (χ0) is 20.8. The molecule has 0 heterocycles. The highest BCUT2D eigenvalue weighted by Gasteiger charge is 2.13. The molecule has 0 aliphatic carbocycles. The van der Waals surface area contributed by atoms with E-state index in [2.05, 4.69) is 9.47 Å². The monoisotopic (exact) mass is 386 g/mol. The van der Waals surface area contributed by atoms with E-state index >= 15 is 0 Å². The van der Waals surface area contributed by atoms with Crippen LogP contribution in [0.15, 0.2) is 24.3 Å². The number of carbonyl (C=O) groups is 2. The van der Waals surface area contributed by atoms with Gasteiger partial charge in [0.2, 0.25) is 0 Å². The lowest BCUT2D eigenvalue weighted by Crippen LogP contribution is -2.14. The number of ether oxygens (including phenoxy) is 4.